The number of aromatic nitrogens is 1. The lowest BCUT2D eigenvalue weighted by molar-refractivity contribution is 0.102. The average Bonchev–Trinajstić information content (AvgIpc) is 2.40. The van der Waals surface area contributed by atoms with Gasteiger partial charge in [-0.1, -0.05) is 29.8 Å². The zero-order chi connectivity index (χ0) is 13.8. The first-order valence-electron chi connectivity index (χ1n) is 5.70. The third-order valence-corrected chi connectivity index (χ3v) is 4.02. The van der Waals surface area contributed by atoms with Crippen LogP contribution in [0.25, 0.3) is 0 Å². The smallest absolute Gasteiger partial charge is 0.176 e. The van der Waals surface area contributed by atoms with Gasteiger partial charge >= 0.3 is 0 Å². The van der Waals surface area contributed by atoms with Crippen LogP contribution >= 0.6 is 23.4 Å². The molecule has 0 spiro atoms. The fourth-order valence-electron chi connectivity index (χ4n) is 1.61. The maximum absolute atomic E-state index is 12.1. The Bertz CT molecular complexity index is 616. The van der Waals surface area contributed by atoms with Crippen molar-refractivity contribution in [2.75, 3.05) is 11.5 Å². The average molecular weight is 293 g/mol. The van der Waals surface area contributed by atoms with Gasteiger partial charge in [-0.2, -0.15) is 0 Å². The predicted octanol–water partition coefficient (Wildman–Crippen LogP) is 3.60. The van der Waals surface area contributed by atoms with E-state index in [0.29, 0.717) is 16.3 Å². The van der Waals surface area contributed by atoms with Gasteiger partial charge in [0.25, 0.3) is 0 Å². The fraction of sp³-hybridized carbons (Fsp3) is 0.143. The topological polar surface area (TPSA) is 56.0 Å². The van der Waals surface area contributed by atoms with Gasteiger partial charge in [0.05, 0.1) is 16.3 Å². The summed E-state index contributed by atoms with van der Waals surface area (Å²) >= 11 is 7.31. The summed E-state index contributed by atoms with van der Waals surface area (Å²) in [5, 5.41) is 0.415. The van der Waals surface area contributed by atoms with Crippen LogP contribution in [0, 0.1) is 6.92 Å². The molecule has 3 nitrogen and oxygen atoms in total. The highest BCUT2D eigenvalue weighted by molar-refractivity contribution is 8.00. The molecule has 0 radical (unpaired) electrons. The van der Waals surface area contributed by atoms with Crippen molar-refractivity contribution >= 4 is 35.0 Å². The first-order chi connectivity index (χ1) is 9.08. The van der Waals surface area contributed by atoms with Gasteiger partial charge in [0.1, 0.15) is 5.82 Å². The lowest BCUT2D eigenvalue weighted by atomic mass is 10.2. The number of nitrogens with two attached hydrogens (primary N) is 1. The minimum Gasteiger partial charge on any atom is -0.383 e. The second-order valence-electron chi connectivity index (χ2n) is 4.06. The highest BCUT2D eigenvalue weighted by Crippen LogP contribution is 2.24. The van der Waals surface area contributed by atoms with E-state index in [-0.39, 0.29) is 11.6 Å². The number of Topliss-reactive ketones (excluding diaryl/α,β-unsaturated/α-hetero) is 1. The Morgan fingerprint density at radius 1 is 1.42 bits per heavy atom. The van der Waals surface area contributed by atoms with Crippen molar-refractivity contribution < 1.29 is 4.79 Å². The van der Waals surface area contributed by atoms with E-state index in [2.05, 4.69) is 4.98 Å². The molecular formula is C14H13ClN2OS. The molecule has 1 aromatic carbocycles. The van der Waals surface area contributed by atoms with E-state index in [0.717, 1.165) is 10.5 Å². The van der Waals surface area contributed by atoms with E-state index < -0.39 is 0 Å². The van der Waals surface area contributed by atoms with Crippen molar-refractivity contribution in [1.82, 2.24) is 4.98 Å². The summed E-state index contributed by atoms with van der Waals surface area (Å²) < 4.78 is 0. The number of hydrogen-bond donors (Lipinski definition) is 1. The van der Waals surface area contributed by atoms with Gasteiger partial charge in [0.15, 0.2) is 5.78 Å². The number of nitrogen functional groups attached to an aromatic ring is 1. The van der Waals surface area contributed by atoms with Crippen LogP contribution in [0.4, 0.5) is 5.82 Å². The van der Waals surface area contributed by atoms with Crippen molar-refractivity contribution in [3.05, 3.63) is 52.7 Å². The number of carbonyl (C=O) groups is 1. The van der Waals surface area contributed by atoms with Crippen LogP contribution in [-0.2, 0) is 0 Å². The molecule has 0 bridgehead atoms. The summed E-state index contributed by atoms with van der Waals surface area (Å²) in [4.78, 5) is 17.1. The molecule has 0 saturated heterocycles. The van der Waals surface area contributed by atoms with Crippen molar-refractivity contribution in [3.63, 3.8) is 0 Å². The second kappa shape index (κ2) is 6.08. The van der Waals surface area contributed by atoms with E-state index in [1.165, 1.54) is 18.0 Å². The monoisotopic (exact) mass is 292 g/mol. The van der Waals surface area contributed by atoms with Crippen molar-refractivity contribution in [3.8, 4) is 0 Å². The molecule has 0 atom stereocenters. The lowest BCUT2D eigenvalue weighted by Crippen LogP contribution is -2.08. The largest absolute Gasteiger partial charge is 0.383 e. The van der Waals surface area contributed by atoms with Crippen molar-refractivity contribution in [1.29, 1.82) is 0 Å². The van der Waals surface area contributed by atoms with E-state index >= 15 is 0 Å². The molecule has 1 heterocycles. The van der Waals surface area contributed by atoms with Crippen LogP contribution < -0.4 is 5.73 Å². The molecule has 2 N–H and O–H groups in total. The zero-order valence-corrected chi connectivity index (χ0v) is 12.0. The number of thioether (sulfide) groups is 1. The molecule has 5 heteroatoms. The minimum atomic E-state index is -0.0687. The number of hydrogen-bond acceptors (Lipinski definition) is 4. The number of pyridine rings is 1. The Balaban J connectivity index is 2.10. The van der Waals surface area contributed by atoms with Crippen LogP contribution in [0.3, 0.4) is 0 Å². The summed E-state index contributed by atoms with van der Waals surface area (Å²) in [5.41, 5.74) is 7.22. The summed E-state index contributed by atoms with van der Waals surface area (Å²) in [5.74, 6) is 0.470. The molecule has 19 heavy (non-hydrogen) atoms. The highest BCUT2D eigenvalue weighted by atomic mass is 35.5. The molecular weight excluding hydrogens is 280 g/mol. The number of rotatable bonds is 4. The number of halogens is 1. The van der Waals surface area contributed by atoms with Gasteiger partial charge in [0, 0.05) is 11.1 Å². The van der Waals surface area contributed by atoms with Gasteiger partial charge in [-0.15, -0.1) is 11.8 Å². The van der Waals surface area contributed by atoms with Crippen LogP contribution in [0.5, 0.6) is 0 Å². The molecule has 0 aliphatic heterocycles. The second-order valence-corrected chi connectivity index (χ2v) is 5.52. The Hall–Kier alpha value is -1.52. The van der Waals surface area contributed by atoms with Gasteiger partial charge in [-0.05, 0) is 24.6 Å². The van der Waals surface area contributed by atoms with E-state index in [1.54, 1.807) is 6.07 Å². The summed E-state index contributed by atoms with van der Waals surface area (Å²) in [7, 11) is 0. The van der Waals surface area contributed by atoms with Crippen molar-refractivity contribution in [2.24, 2.45) is 0 Å². The summed E-state index contributed by atoms with van der Waals surface area (Å²) in [6, 6.07) is 9.49. The first-order valence-corrected chi connectivity index (χ1v) is 7.07. The molecule has 0 saturated carbocycles. The molecule has 0 fully saturated rings. The number of aryl methyl sites for hydroxylation is 1. The Morgan fingerprint density at radius 3 is 2.89 bits per heavy atom. The molecule has 2 aromatic rings. The van der Waals surface area contributed by atoms with E-state index in [9.17, 15) is 4.79 Å². The molecule has 1 aromatic heterocycles. The first kappa shape index (κ1) is 13.9. The third kappa shape index (κ3) is 3.49. The van der Waals surface area contributed by atoms with Gasteiger partial charge in [0.2, 0.25) is 0 Å². The zero-order valence-electron chi connectivity index (χ0n) is 10.4. The molecule has 0 aliphatic rings. The minimum absolute atomic E-state index is 0.0687. The van der Waals surface area contributed by atoms with Gasteiger partial charge < -0.3 is 5.73 Å². The van der Waals surface area contributed by atoms with Gasteiger partial charge in [-0.25, -0.2) is 4.98 Å². The molecule has 0 unspecified atom stereocenters. The number of carbonyl (C=O) groups excluding carboxylic acids is 1. The number of benzene rings is 1. The SMILES string of the molecule is Cc1ccccc1SCC(=O)c1cc(Cl)cnc1N. The maximum Gasteiger partial charge on any atom is 0.176 e. The lowest BCUT2D eigenvalue weighted by Gasteiger charge is -2.06. The highest BCUT2D eigenvalue weighted by Gasteiger charge is 2.12. The number of ketones is 1. The number of nitrogens with zero attached hydrogens (tertiary/aromatic N) is 1. The standard InChI is InChI=1S/C14H13ClN2OS/c1-9-4-2-3-5-13(9)19-8-12(18)11-6-10(15)7-17-14(11)16/h2-7H,8H2,1H3,(H2,16,17). The van der Waals surface area contributed by atoms with E-state index in [1.807, 2.05) is 31.2 Å². The summed E-state index contributed by atoms with van der Waals surface area (Å²) in [6.45, 7) is 2.02. The van der Waals surface area contributed by atoms with Crippen LogP contribution in [0.1, 0.15) is 15.9 Å². The maximum atomic E-state index is 12.1. The van der Waals surface area contributed by atoms with Crippen molar-refractivity contribution in [2.45, 2.75) is 11.8 Å². The van der Waals surface area contributed by atoms with Gasteiger partial charge in [-0.3, -0.25) is 4.79 Å². The van der Waals surface area contributed by atoms with Crippen LogP contribution in [0.2, 0.25) is 5.02 Å². The number of anilines is 1. The predicted molar refractivity (Wildman–Crippen MR) is 79.9 cm³/mol. The Morgan fingerprint density at radius 2 is 2.16 bits per heavy atom. The molecule has 0 amide bonds. The van der Waals surface area contributed by atoms with E-state index in [4.69, 9.17) is 17.3 Å². The quantitative estimate of drug-likeness (QED) is 0.691. The molecule has 2 rings (SSSR count). The normalized spacial score (nSPS) is 10.4. The van der Waals surface area contributed by atoms with Crippen LogP contribution in [0.15, 0.2) is 41.4 Å². The Kier molecular flexibility index (Phi) is 4.45. The fourth-order valence-corrected chi connectivity index (χ4v) is 2.68. The summed E-state index contributed by atoms with van der Waals surface area (Å²) in [6.07, 6.45) is 1.43. The molecule has 98 valence electrons. The molecule has 0 aliphatic carbocycles. The Labute approximate surface area is 121 Å². The van der Waals surface area contributed by atoms with Crippen LogP contribution in [-0.4, -0.2) is 16.5 Å². The third-order valence-electron chi connectivity index (χ3n) is 2.64.